The maximum atomic E-state index is 12.3. The molecular formula is C19H17NO4. The molecule has 122 valence electrons. The fraction of sp³-hybridized carbons (Fsp3) is 0.158. The van der Waals surface area contributed by atoms with E-state index in [0.717, 1.165) is 5.56 Å². The number of carbonyl (C=O) groups is 2. The molecule has 5 nitrogen and oxygen atoms in total. The van der Waals surface area contributed by atoms with Gasteiger partial charge < -0.3 is 15.2 Å². The smallest absolute Gasteiger partial charge is 0.293 e. The van der Waals surface area contributed by atoms with Crippen LogP contribution in [-0.2, 0) is 9.59 Å². The average molecular weight is 323 g/mol. The van der Waals surface area contributed by atoms with Gasteiger partial charge in [0.15, 0.2) is 0 Å². The summed E-state index contributed by atoms with van der Waals surface area (Å²) in [5, 5.41) is 13.2. The van der Waals surface area contributed by atoms with Crippen molar-refractivity contribution in [2.45, 2.75) is 13.0 Å². The predicted octanol–water partition coefficient (Wildman–Crippen LogP) is 2.71. The molecule has 0 radical (unpaired) electrons. The Morgan fingerprint density at radius 1 is 1.12 bits per heavy atom. The van der Waals surface area contributed by atoms with Crippen molar-refractivity contribution in [3.05, 3.63) is 70.8 Å². The van der Waals surface area contributed by atoms with Crippen molar-refractivity contribution in [1.82, 2.24) is 5.32 Å². The van der Waals surface area contributed by atoms with Gasteiger partial charge in [0.1, 0.15) is 11.5 Å². The first-order chi connectivity index (χ1) is 11.5. The molecule has 3 rings (SSSR count). The van der Waals surface area contributed by atoms with Crippen LogP contribution in [0, 0.1) is 6.92 Å². The molecule has 0 spiro atoms. The number of benzene rings is 2. The van der Waals surface area contributed by atoms with E-state index in [9.17, 15) is 14.7 Å². The molecule has 0 aliphatic carbocycles. The lowest BCUT2D eigenvalue weighted by Gasteiger charge is -2.14. The van der Waals surface area contributed by atoms with Crippen molar-refractivity contribution in [3.8, 4) is 5.75 Å². The summed E-state index contributed by atoms with van der Waals surface area (Å²) in [5.74, 6) is -1.03. The standard InChI is InChI=1S/C19H17NO4/c1-11-6-8-12(9-7-11)17(21)15-16(20-19(23)18(15)22)13-4-3-5-14(10-13)24-2/h3-10,16,21H,1-2H3,(H,20,23)/b17-15-. The van der Waals surface area contributed by atoms with E-state index in [-0.39, 0.29) is 11.3 Å². The van der Waals surface area contributed by atoms with Crippen LogP contribution in [0.15, 0.2) is 54.1 Å². The summed E-state index contributed by atoms with van der Waals surface area (Å²) in [4.78, 5) is 24.1. The molecule has 1 heterocycles. The summed E-state index contributed by atoms with van der Waals surface area (Å²) in [6, 6.07) is 13.4. The largest absolute Gasteiger partial charge is 0.507 e. The van der Waals surface area contributed by atoms with E-state index in [4.69, 9.17) is 4.74 Å². The zero-order chi connectivity index (χ0) is 17.3. The fourth-order valence-corrected chi connectivity index (χ4v) is 2.70. The van der Waals surface area contributed by atoms with Gasteiger partial charge in [-0.05, 0) is 24.6 Å². The van der Waals surface area contributed by atoms with Gasteiger partial charge in [-0.3, -0.25) is 9.59 Å². The van der Waals surface area contributed by atoms with Crippen molar-refractivity contribution in [2.75, 3.05) is 7.11 Å². The number of methoxy groups -OCH3 is 1. The molecule has 1 atom stereocenters. The van der Waals surface area contributed by atoms with Gasteiger partial charge >= 0.3 is 0 Å². The summed E-state index contributed by atoms with van der Waals surface area (Å²) in [5.41, 5.74) is 2.25. The number of aliphatic hydroxyl groups is 1. The first-order valence-corrected chi connectivity index (χ1v) is 7.50. The van der Waals surface area contributed by atoms with Gasteiger partial charge in [-0.25, -0.2) is 0 Å². The van der Waals surface area contributed by atoms with Crippen LogP contribution in [0.3, 0.4) is 0 Å². The lowest BCUT2D eigenvalue weighted by molar-refractivity contribution is -0.133. The highest BCUT2D eigenvalue weighted by molar-refractivity contribution is 6.46. The maximum Gasteiger partial charge on any atom is 0.293 e. The molecule has 5 heteroatoms. The molecule has 0 bridgehead atoms. The number of aryl methyl sites for hydroxylation is 1. The molecule has 2 N–H and O–H groups in total. The molecule has 1 aliphatic rings. The molecule has 2 aromatic carbocycles. The lowest BCUT2D eigenvalue weighted by atomic mass is 9.95. The second-order valence-electron chi connectivity index (χ2n) is 5.64. The molecule has 1 fully saturated rings. The third kappa shape index (κ3) is 2.76. The van der Waals surface area contributed by atoms with Crippen LogP contribution in [0.25, 0.3) is 5.76 Å². The van der Waals surface area contributed by atoms with E-state index in [0.29, 0.717) is 16.9 Å². The summed E-state index contributed by atoms with van der Waals surface area (Å²) in [6.07, 6.45) is 0. The van der Waals surface area contributed by atoms with Crippen molar-refractivity contribution in [3.63, 3.8) is 0 Å². The molecule has 0 aromatic heterocycles. The van der Waals surface area contributed by atoms with E-state index in [1.54, 1.807) is 36.4 Å². The Labute approximate surface area is 139 Å². The van der Waals surface area contributed by atoms with E-state index in [1.165, 1.54) is 7.11 Å². The molecule has 1 unspecified atom stereocenters. The summed E-state index contributed by atoms with van der Waals surface area (Å²) >= 11 is 0. The van der Waals surface area contributed by atoms with Crippen LogP contribution in [0.1, 0.15) is 22.7 Å². The Hall–Kier alpha value is -3.08. The number of amides is 1. The van der Waals surface area contributed by atoms with Crippen molar-refractivity contribution in [1.29, 1.82) is 0 Å². The van der Waals surface area contributed by atoms with Crippen molar-refractivity contribution in [2.24, 2.45) is 0 Å². The third-order valence-electron chi connectivity index (χ3n) is 4.02. The third-order valence-corrected chi connectivity index (χ3v) is 4.02. The molecular weight excluding hydrogens is 306 g/mol. The minimum absolute atomic E-state index is 0.0529. The minimum atomic E-state index is -0.725. The van der Waals surface area contributed by atoms with Crippen LogP contribution in [0.2, 0.25) is 0 Å². The van der Waals surface area contributed by atoms with Crippen molar-refractivity contribution < 1.29 is 19.4 Å². The highest BCUT2D eigenvalue weighted by atomic mass is 16.5. The second kappa shape index (κ2) is 6.20. The maximum absolute atomic E-state index is 12.3. The normalized spacial score (nSPS) is 19.2. The van der Waals surface area contributed by atoms with E-state index in [1.807, 2.05) is 19.1 Å². The Morgan fingerprint density at radius 3 is 2.50 bits per heavy atom. The quantitative estimate of drug-likeness (QED) is 0.517. The number of carbonyl (C=O) groups excluding carboxylic acids is 2. The lowest BCUT2D eigenvalue weighted by Crippen LogP contribution is -2.21. The number of aliphatic hydroxyl groups excluding tert-OH is 1. The average Bonchev–Trinajstić information content (AvgIpc) is 2.90. The highest BCUT2D eigenvalue weighted by Gasteiger charge is 2.39. The molecule has 1 amide bonds. The molecule has 0 saturated carbocycles. The first kappa shape index (κ1) is 15.8. The SMILES string of the molecule is COc1cccc(C2NC(=O)C(=O)/C2=C(\O)c2ccc(C)cc2)c1. The van der Waals surface area contributed by atoms with Gasteiger partial charge in [0.25, 0.3) is 11.7 Å². The molecule has 1 saturated heterocycles. The zero-order valence-corrected chi connectivity index (χ0v) is 13.4. The number of nitrogens with one attached hydrogen (secondary N) is 1. The van der Waals surface area contributed by atoms with Crippen LogP contribution in [-0.4, -0.2) is 23.9 Å². The van der Waals surface area contributed by atoms with Crippen LogP contribution in [0.4, 0.5) is 0 Å². The Kier molecular flexibility index (Phi) is 4.08. The number of ether oxygens (including phenoxy) is 1. The Balaban J connectivity index is 2.11. The van der Waals surface area contributed by atoms with Gasteiger partial charge in [-0.2, -0.15) is 0 Å². The van der Waals surface area contributed by atoms with Gasteiger partial charge in [0.05, 0.1) is 18.7 Å². The minimum Gasteiger partial charge on any atom is -0.507 e. The summed E-state index contributed by atoms with van der Waals surface area (Å²) in [7, 11) is 1.54. The van der Waals surface area contributed by atoms with Gasteiger partial charge in [0.2, 0.25) is 0 Å². The van der Waals surface area contributed by atoms with Gasteiger partial charge in [0, 0.05) is 5.56 Å². The van der Waals surface area contributed by atoms with E-state index in [2.05, 4.69) is 5.32 Å². The highest BCUT2D eigenvalue weighted by Crippen LogP contribution is 2.34. The number of hydrogen-bond donors (Lipinski definition) is 2. The Morgan fingerprint density at radius 2 is 1.83 bits per heavy atom. The second-order valence-corrected chi connectivity index (χ2v) is 5.64. The number of Topliss-reactive ketones (excluding diaryl/α,β-unsaturated/α-hetero) is 1. The van der Waals surface area contributed by atoms with E-state index < -0.39 is 17.7 Å². The first-order valence-electron chi connectivity index (χ1n) is 7.50. The van der Waals surface area contributed by atoms with Gasteiger partial charge in [-0.1, -0.05) is 42.0 Å². The van der Waals surface area contributed by atoms with Crippen LogP contribution >= 0.6 is 0 Å². The summed E-state index contributed by atoms with van der Waals surface area (Å²) < 4.78 is 5.19. The summed E-state index contributed by atoms with van der Waals surface area (Å²) in [6.45, 7) is 1.93. The fourth-order valence-electron chi connectivity index (χ4n) is 2.70. The zero-order valence-electron chi connectivity index (χ0n) is 13.4. The van der Waals surface area contributed by atoms with Crippen LogP contribution < -0.4 is 10.1 Å². The number of ketones is 1. The topological polar surface area (TPSA) is 75.6 Å². The number of rotatable bonds is 3. The number of hydrogen-bond acceptors (Lipinski definition) is 4. The molecule has 1 aliphatic heterocycles. The monoisotopic (exact) mass is 323 g/mol. The predicted molar refractivity (Wildman–Crippen MR) is 89.6 cm³/mol. The van der Waals surface area contributed by atoms with Crippen molar-refractivity contribution >= 4 is 17.4 Å². The van der Waals surface area contributed by atoms with Gasteiger partial charge in [-0.15, -0.1) is 0 Å². The molecule has 2 aromatic rings. The van der Waals surface area contributed by atoms with Crippen LogP contribution in [0.5, 0.6) is 5.75 Å². The molecule has 24 heavy (non-hydrogen) atoms. The Bertz CT molecular complexity index is 837. The van der Waals surface area contributed by atoms with E-state index >= 15 is 0 Å².